The molecular weight excluding hydrogens is 487 g/mol. The van der Waals surface area contributed by atoms with E-state index in [0.29, 0.717) is 16.5 Å². The second-order valence-corrected chi connectivity index (χ2v) is 10.9. The number of nitrogens with zero attached hydrogens (tertiary/aromatic N) is 3. The van der Waals surface area contributed by atoms with Gasteiger partial charge >= 0.3 is 0 Å². The van der Waals surface area contributed by atoms with Crippen LogP contribution in [-0.4, -0.2) is 53.4 Å². The minimum absolute atomic E-state index is 0.130. The van der Waals surface area contributed by atoms with Crippen molar-refractivity contribution in [2.24, 2.45) is 0 Å². The van der Waals surface area contributed by atoms with E-state index in [4.69, 9.17) is 28.2 Å². The first-order chi connectivity index (χ1) is 16.5. The van der Waals surface area contributed by atoms with Gasteiger partial charge in [0, 0.05) is 50.1 Å². The molecule has 5 nitrogen and oxygen atoms in total. The zero-order valence-electron chi connectivity index (χ0n) is 19.0. The van der Waals surface area contributed by atoms with Crippen LogP contribution in [0.25, 0.3) is 0 Å². The molecule has 2 aliphatic rings. The fourth-order valence-corrected chi connectivity index (χ4v) is 5.56. The molecule has 8 heteroatoms. The minimum atomic E-state index is 0.130. The van der Waals surface area contributed by atoms with E-state index in [9.17, 15) is 4.79 Å². The first-order valence-corrected chi connectivity index (χ1v) is 13.3. The third-order valence-electron chi connectivity index (χ3n) is 6.82. The number of hydrogen-bond acceptors (Lipinski definition) is 5. The Hall–Kier alpha value is -2.12. The van der Waals surface area contributed by atoms with Gasteiger partial charge in [0.05, 0.1) is 22.2 Å². The number of amides is 1. The lowest BCUT2D eigenvalue weighted by molar-refractivity contribution is -0.132. The molecule has 1 aliphatic carbocycles. The molecule has 5 rings (SSSR count). The number of rotatable bonds is 8. The Balaban J connectivity index is 1.08. The van der Waals surface area contributed by atoms with Gasteiger partial charge in [0.15, 0.2) is 5.13 Å². The number of anilines is 1. The summed E-state index contributed by atoms with van der Waals surface area (Å²) in [6, 6.07) is 16.2. The second-order valence-electron chi connectivity index (χ2n) is 9.23. The molecule has 34 heavy (non-hydrogen) atoms. The van der Waals surface area contributed by atoms with Crippen molar-refractivity contribution >= 4 is 45.6 Å². The van der Waals surface area contributed by atoms with Crippen molar-refractivity contribution < 1.29 is 4.79 Å². The van der Waals surface area contributed by atoms with Crippen LogP contribution in [0.15, 0.2) is 53.9 Å². The van der Waals surface area contributed by atoms with Gasteiger partial charge in [-0.15, -0.1) is 11.3 Å². The Morgan fingerprint density at radius 1 is 1.03 bits per heavy atom. The number of benzene rings is 2. The van der Waals surface area contributed by atoms with E-state index in [0.717, 1.165) is 55.7 Å². The van der Waals surface area contributed by atoms with Crippen LogP contribution in [0.1, 0.15) is 29.7 Å². The summed E-state index contributed by atoms with van der Waals surface area (Å²) in [6.07, 6.45) is 2.81. The lowest BCUT2D eigenvalue weighted by Gasteiger charge is -2.34. The first-order valence-electron chi connectivity index (χ1n) is 11.7. The smallest absolute Gasteiger partial charge is 0.227 e. The van der Waals surface area contributed by atoms with Gasteiger partial charge in [-0.2, -0.15) is 0 Å². The highest BCUT2D eigenvalue weighted by atomic mass is 35.5. The van der Waals surface area contributed by atoms with Gasteiger partial charge in [-0.25, -0.2) is 4.98 Å². The van der Waals surface area contributed by atoms with Crippen LogP contribution in [0, 0.1) is 0 Å². The largest absolute Gasteiger partial charge is 0.361 e. The Labute approximate surface area is 214 Å². The summed E-state index contributed by atoms with van der Waals surface area (Å²) in [6.45, 7) is 4.92. The van der Waals surface area contributed by atoms with Crippen molar-refractivity contribution in [3.05, 3.63) is 80.8 Å². The molecule has 1 N–H and O–H groups in total. The molecule has 2 heterocycles. The number of carbonyl (C=O) groups excluding carboxylic acids is 1. The first kappa shape index (κ1) is 23.6. The number of carbonyl (C=O) groups is 1. The predicted molar refractivity (Wildman–Crippen MR) is 140 cm³/mol. The standard InChI is InChI=1S/C26H28Cl2N4OS/c27-22-7-6-19(14-23(22)28)15-24(33)32-12-10-31(11-13-32)16-21-17-34-25(30-21)29-18-26(8-9-26)20-4-2-1-3-5-20/h1-7,14,17H,8-13,15-16,18H2,(H,29,30). The van der Waals surface area contributed by atoms with Crippen molar-refractivity contribution in [2.75, 3.05) is 38.0 Å². The van der Waals surface area contributed by atoms with E-state index in [1.807, 2.05) is 11.0 Å². The quantitative estimate of drug-likeness (QED) is 0.432. The summed E-state index contributed by atoms with van der Waals surface area (Å²) in [5.74, 6) is 0.130. The Kier molecular flexibility index (Phi) is 7.11. The molecule has 3 aromatic rings. The molecule has 1 aliphatic heterocycles. The topological polar surface area (TPSA) is 48.5 Å². The Bertz CT molecular complexity index is 1140. The molecule has 1 aromatic heterocycles. The van der Waals surface area contributed by atoms with Crippen molar-refractivity contribution in [3.8, 4) is 0 Å². The van der Waals surface area contributed by atoms with Crippen LogP contribution in [0.4, 0.5) is 5.13 Å². The number of hydrogen-bond donors (Lipinski definition) is 1. The number of nitrogens with one attached hydrogen (secondary N) is 1. The third kappa shape index (κ3) is 5.57. The molecule has 1 saturated carbocycles. The second kappa shape index (κ2) is 10.2. The van der Waals surface area contributed by atoms with Crippen LogP contribution >= 0.6 is 34.5 Å². The number of thiazole rings is 1. The fraction of sp³-hybridized carbons (Fsp3) is 0.385. The maximum Gasteiger partial charge on any atom is 0.227 e. The van der Waals surface area contributed by atoms with E-state index < -0.39 is 0 Å². The molecule has 2 fully saturated rings. The highest BCUT2D eigenvalue weighted by Crippen LogP contribution is 2.48. The van der Waals surface area contributed by atoms with E-state index in [1.165, 1.54) is 18.4 Å². The molecule has 0 spiro atoms. The predicted octanol–water partition coefficient (Wildman–Crippen LogP) is 5.48. The summed E-state index contributed by atoms with van der Waals surface area (Å²) in [5, 5.41) is 7.71. The highest BCUT2D eigenvalue weighted by Gasteiger charge is 2.43. The van der Waals surface area contributed by atoms with Crippen molar-refractivity contribution in [3.63, 3.8) is 0 Å². The van der Waals surface area contributed by atoms with Gasteiger partial charge in [-0.3, -0.25) is 9.69 Å². The molecule has 1 amide bonds. The van der Waals surface area contributed by atoms with Crippen LogP contribution in [-0.2, 0) is 23.2 Å². The monoisotopic (exact) mass is 514 g/mol. The summed E-state index contributed by atoms with van der Waals surface area (Å²) in [4.78, 5) is 21.8. The van der Waals surface area contributed by atoms with Gasteiger partial charge in [0.2, 0.25) is 5.91 Å². The summed E-state index contributed by atoms with van der Waals surface area (Å²) in [7, 11) is 0. The van der Waals surface area contributed by atoms with Crippen molar-refractivity contribution in [1.82, 2.24) is 14.8 Å². The van der Waals surface area contributed by atoms with Gasteiger partial charge in [-0.1, -0.05) is 59.6 Å². The SMILES string of the molecule is O=C(Cc1ccc(Cl)c(Cl)c1)N1CCN(Cc2csc(NCC3(c4ccccc4)CC3)n2)CC1. The van der Waals surface area contributed by atoms with E-state index in [1.54, 1.807) is 23.5 Å². The summed E-state index contributed by atoms with van der Waals surface area (Å²) < 4.78 is 0. The maximum atomic E-state index is 12.7. The summed E-state index contributed by atoms with van der Waals surface area (Å²) in [5.41, 5.74) is 3.68. The molecule has 178 valence electrons. The average molecular weight is 516 g/mol. The van der Waals surface area contributed by atoms with E-state index >= 15 is 0 Å². The van der Waals surface area contributed by atoms with Crippen LogP contribution in [0.3, 0.4) is 0 Å². The van der Waals surface area contributed by atoms with Crippen LogP contribution in [0.2, 0.25) is 10.0 Å². The van der Waals surface area contributed by atoms with Gasteiger partial charge in [-0.05, 0) is 36.1 Å². The molecule has 0 bridgehead atoms. The van der Waals surface area contributed by atoms with Crippen LogP contribution in [0.5, 0.6) is 0 Å². The molecule has 2 aromatic carbocycles. The lowest BCUT2D eigenvalue weighted by Crippen LogP contribution is -2.48. The molecule has 0 unspecified atom stereocenters. The maximum absolute atomic E-state index is 12.7. The Morgan fingerprint density at radius 3 is 2.50 bits per heavy atom. The van der Waals surface area contributed by atoms with Gasteiger partial charge in [0.1, 0.15) is 0 Å². The Morgan fingerprint density at radius 2 is 1.79 bits per heavy atom. The zero-order valence-corrected chi connectivity index (χ0v) is 21.3. The van der Waals surface area contributed by atoms with Crippen molar-refractivity contribution in [1.29, 1.82) is 0 Å². The zero-order chi connectivity index (χ0) is 23.5. The molecule has 0 radical (unpaired) electrons. The number of halogens is 2. The van der Waals surface area contributed by atoms with Gasteiger partial charge < -0.3 is 10.2 Å². The fourth-order valence-electron chi connectivity index (χ4n) is 4.54. The van der Waals surface area contributed by atoms with Crippen molar-refractivity contribution in [2.45, 2.75) is 31.2 Å². The summed E-state index contributed by atoms with van der Waals surface area (Å²) >= 11 is 13.7. The van der Waals surface area contributed by atoms with E-state index in [2.05, 4.69) is 45.9 Å². The molecule has 0 atom stereocenters. The minimum Gasteiger partial charge on any atom is -0.361 e. The van der Waals surface area contributed by atoms with E-state index in [-0.39, 0.29) is 11.3 Å². The van der Waals surface area contributed by atoms with Gasteiger partial charge in [0.25, 0.3) is 0 Å². The number of aromatic nitrogens is 1. The van der Waals surface area contributed by atoms with Crippen LogP contribution < -0.4 is 5.32 Å². The third-order valence-corrected chi connectivity index (χ3v) is 8.41. The normalized spacial score (nSPS) is 17.5. The highest BCUT2D eigenvalue weighted by molar-refractivity contribution is 7.13. The average Bonchev–Trinajstić information content (AvgIpc) is 3.53. The number of piperazine rings is 1. The lowest BCUT2D eigenvalue weighted by atomic mass is 9.96. The molecular formula is C26H28Cl2N4OS. The molecule has 1 saturated heterocycles.